The molecule has 0 fully saturated rings. The van der Waals surface area contributed by atoms with Crippen LogP contribution in [0.15, 0.2) is 16.7 Å². The van der Waals surface area contributed by atoms with Crippen LogP contribution in [0, 0.1) is 0 Å². The lowest BCUT2D eigenvalue weighted by atomic mass is 10.2. The summed E-state index contributed by atoms with van der Waals surface area (Å²) in [6, 6.07) is 3.65. The third kappa shape index (κ3) is 7.61. The Bertz CT molecular complexity index is 489. The first-order valence-electron chi connectivity index (χ1n) is 7.06. The Hall–Kier alpha value is -1.34. The number of methoxy groups -OCH3 is 1. The highest BCUT2D eigenvalue weighted by molar-refractivity contribution is 9.10. The number of halogens is 1. The van der Waals surface area contributed by atoms with E-state index in [1.54, 1.807) is 7.11 Å². The van der Waals surface area contributed by atoms with Crippen LogP contribution in [0.25, 0.3) is 0 Å². The molecule has 6 nitrogen and oxygen atoms in total. The maximum atomic E-state index is 11.4. The minimum Gasteiger partial charge on any atom is -0.495 e. The molecule has 0 aromatic carbocycles. The van der Waals surface area contributed by atoms with E-state index in [0.29, 0.717) is 31.9 Å². The van der Waals surface area contributed by atoms with Gasteiger partial charge in [-0.25, -0.2) is 9.78 Å². The van der Waals surface area contributed by atoms with Crippen molar-refractivity contribution in [2.24, 2.45) is 0 Å². The Labute approximate surface area is 139 Å². The van der Waals surface area contributed by atoms with Gasteiger partial charge in [-0.3, -0.25) is 0 Å². The van der Waals surface area contributed by atoms with Gasteiger partial charge in [-0.1, -0.05) is 0 Å². The first-order chi connectivity index (χ1) is 10.3. The first kappa shape index (κ1) is 18.7. The third-order valence-electron chi connectivity index (χ3n) is 2.49. The van der Waals surface area contributed by atoms with Gasteiger partial charge in [-0.2, -0.15) is 0 Å². The number of aromatic nitrogens is 1. The molecule has 1 rings (SSSR count). The van der Waals surface area contributed by atoms with Crippen molar-refractivity contribution in [2.45, 2.75) is 39.4 Å². The van der Waals surface area contributed by atoms with Crippen molar-refractivity contribution in [3.63, 3.8) is 0 Å². The number of nitrogens with zero attached hydrogens (tertiary/aromatic N) is 1. The number of rotatable bonds is 7. The van der Waals surface area contributed by atoms with Gasteiger partial charge < -0.3 is 19.5 Å². The second-order valence-corrected chi connectivity index (χ2v) is 6.43. The van der Waals surface area contributed by atoms with Crippen molar-refractivity contribution < 1.29 is 19.0 Å². The lowest BCUT2D eigenvalue weighted by Gasteiger charge is -2.19. The fourth-order valence-electron chi connectivity index (χ4n) is 1.60. The van der Waals surface area contributed by atoms with E-state index in [9.17, 15) is 4.79 Å². The SMILES string of the molecule is COc1ccc(Br)nc1COCCCNC(=O)OC(C)(C)C. The summed E-state index contributed by atoms with van der Waals surface area (Å²) in [5.41, 5.74) is 0.251. The van der Waals surface area contributed by atoms with Gasteiger partial charge in [0.05, 0.1) is 13.7 Å². The molecule has 1 heterocycles. The Kier molecular flexibility index (Phi) is 7.61. The molecule has 0 atom stereocenters. The van der Waals surface area contributed by atoms with Crippen LogP contribution in [0.4, 0.5) is 4.79 Å². The number of hydrogen-bond donors (Lipinski definition) is 1. The van der Waals surface area contributed by atoms with Crippen molar-refractivity contribution >= 4 is 22.0 Å². The van der Waals surface area contributed by atoms with E-state index >= 15 is 0 Å². The van der Waals surface area contributed by atoms with Gasteiger partial charge in [0, 0.05) is 13.2 Å². The summed E-state index contributed by atoms with van der Waals surface area (Å²) in [4.78, 5) is 15.7. The Morgan fingerprint density at radius 1 is 1.36 bits per heavy atom. The van der Waals surface area contributed by atoms with Gasteiger partial charge in [0.2, 0.25) is 0 Å². The van der Waals surface area contributed by atoms with Crippen molar-refractivity contribution in [2.75, 3.05) is 20.3 Å². The molecular formula is C15H23BrN2O4. The van der Waals surface area contributed by atoms with Gasteiger partial charge in [0.15, 0.2) is 0 Å². The maximum Gasteiger partial charge on any atom is 0.407 e. The molecule has 7 heteroatoms. The highest BCUT2D eigenvalue weighted by Crippen LogP contribution is 2.19. The summed E-state index contributed by atoms with van der Waals surface area (Å²) in [5, 5.41) is 2.68. The van der Waals surface area contributed by atoms with Crippen molar-refractivity contribution in [3.05, 3.63) is 22.4 Å². The molecule has 0 saturated carbocycles. The molecule has 124 valence electrons. The maximum absolute atomic E-state index is 11.4. The number of alkyl carbamates (subject to hydrolysis) is 1. The molecule has 0 aliphatic rings. The van der Waals surface area contributed by atoms with Crippen LogP contribution in [-0.2, 0) is 16.1 Å². The van der Waals surface area contributed by atoms with E-state index in [0.717, 1.165) is 10.3 Å². The van der Waals surface area contributed by atoms with Crippen LogP contribution >= 0.6 is 15.9 Å². The second-order valence-electron chi connectivity index (χ2n) is 5.62. The fraction of sp³-hybridized carbons (Fsp3) is 0.600. The zero-order chi connectivity index (χ0) is 16.6. The molecular weight excluding hydrogens is 352 g/mol. The smallest absolute Gasteiger partial charge is 0.407 e. The summed E-state index contributed by atoms with van der Waals surface area (Å²) < 4.78 is 16.6. The van der Waals surface area contributed by atoms with E-state index < -0.39 is 11.7 Å². The van der Waals surface area contributed by atoms with Crippen molar-refractivity contribution in [3.8, 4) is 5.75 Å². The molecule has 0 radical (unpaired) electrons. The molecule has 0 saturated heterocycles. The molecule has 22 heavy (non-hydrogen) atoms. The number of carbonyl (C=O) groups excluding carboxylic acids is 1. The quantitative estimate of drug-likeness (QED) is 0.585. The molecule has 1 aromatic rings. The number of pyridine rings is 1. The zero-order valence-electron chi connectivity index (χ0n) is 13.4. The van der Waals surface area contributed by atoms with E-state index in [4.69, 9.17) is 14.2 Å². The summed E-state index contributed by atoms with van der Waals surface area (Å²) >= 11 is 3.32. The highest BCUT2D eigenvalue weighted by atomic mass is 79.9. The van der Waals surface area contributed by atoms with Gasteiger partial charge in [0.1, 0.15) is 21.6 Å². The van der Waals surface area contributed by atoms with Crippen LogP contribution in [0.3, 0.4) is 0 Å². The van der Waals surface area contributed by atoms with Gasteiger partial charge in [-0.05, 0) is 55.3 Å². The van der Waals surface area contributed by atoms with Crippen LogP contribution in [0.5, 0.6) is 5.75 Å². The number of carbonyl (C=O) groups is 1. The summed E-state index contributed by atoms with van der Waals surface area (Å²) in [7, 11) is 1.60. The zero-order valence-corrected chi connectivity index (χ0v) is 15.0. The van der Waals surface area contributed by atoms with Gasteiger partial charge >= 0.3 is 6.09 Å². The molecule has 0 unspecified atom stereocenters. The van der Waals surface area contributed by atoms with Crippen LogP contribution in [0.1, 0.15) is 32.9 Å². The van der Waals surface area contributed by atoms with Crippen molar-refractivity contribution in [1.82, 2.24) is 10.3 Å². The predicted molar refractivity (Wildman–Crippen MR) is 87.0 cm³/mol. The third-order valence-corrected chi connectivity index (χ3v) is 2.93. The largest absolute Gasteiger partial charge is 0.495 e. The molecule has 0 aliphatic carbocycles. The topological polar surface area (TPSA) is 69.7 Å². The number of amides is 1. The first-order valence-corrected chi connectivity index (χ1v) is 7.85. The van der Waals surface area contributed by atoms with E-state index in [2.05, 4.69) is 26.2 Å². The number of nitrogens with one attached hydrogen (secondary N) is 1. The van der Waals surface area contributed by atoms with Crippen molar-refractivity contribution in [1.29, 1.82) is 0 Å². The molecule has 1 aromatic heterocycles. The second kappa shape index (κ2) is 8.95. The molecule has 0 bridgehead atoms. The van der Waals surface area contributed by atoms with Crippen LogP contribution in [-0.4, -0.2) is 36.9 Å². The summed E-state index contributed by atoms with van der Waals surface area (Å²) in [6.45, 7) is 6.84. The van der Waals surface area contributed by atoms with Gasteiger partial charge in [0.25, 0.3) is 0 Å². The predicted octanol–water partition coefficient (Wildman–Crippen LogP) is 3.28. The summed E-state index contributed by atoms with van der Waals surface area (Å²) in [5.74, 6) is 0.690. The molecule has 1 N–H and O–H groups in total. The average molecular weight is 375 g/mol. The van der Waals surface area contributed by atoms with E-state index in [1.807, 2.05) is 32.9 Å². The number of hydrogen-bond acceptors (Lipinski definition) is 5. The fourth-order valence-corrected chi connectivity index (χ4v) is 1.95. The Balaban J connectivity index is 2.21. The molecule has 0 spiro atoms. The molecule has 0 aliphatic heterocycles. The average Bonchev–Trinajstić information content (AvgIpc) is 2.41. The lowest BCUT2D eigenvalue weighted by Crippen LogP contribution is -2.33. The standard InChI is InChI=1S/C15H23BrN2O4/c1-15(2,3)22-14(19)17-8-5-9-21-10-11-12(20-4)6-7-13(16)18-11/h6-7H,5,8-10H2,1-4H3,(H,17,19). The normalized spacial score (nSPS) is 11.1. The van der Waals surface area contributed by atoms with E-state index in [-0.39, 0.29) is 0 Å². The van der Waals surface area contributed by atoms with Crippen LogP contribution in [0.2, 0.25) is 0 Å². The number of ether oxygens (including phenoxy) is 3. The lowest BCUT2D eigenvalue weighted by molar-refractivity contribution is 0.0517. The Morgan fingerprint density at radius 3 is 2.73 bits per heavy atom. The monoisotopic (exact) mass is 374 g/mol. The molecule has 1 amide bonds. The van der Waals surface area contributed by atoms with Crippen LogP contribution < -0.4 is 10.1 Å². The minimum atomic E-state index is -0.483. The van der Waals surface area contributed by atoms with E-state index in [1.165, 1.54) is 0 Å². The Morgan fingerprint density at radius 2 is 2.09 bits per heavy atom. The minimum absolute atomic E-state index is 0.356. The van der Waals surface area contributed by atoms with Gasteiger partial charge in [-0.15, -0.1) is 0 Å². The summed E-state index contributed by atoms with van der Waals surface area (Å²) in [6.07, 6.45) is 0.276. The highest BCUT2D eigenvalue weighted by Gasteiger charge is 2.15.